The zero-order valence-corrected chi connectivity index (χ0v) is 16.5. The second-order valence-electron chi connectivity index (χ2n) is 5.80. The Kier molecular flexibility index (Phi) is 5.81. The third-order valence-corrected chi connectivity index (χ3v) is 4.76. The Morgan fingerprint density at radius 3 is 2.56 bits per heavy atom. The number of amides is 2. The van der Waals surface area contributed by atoms with E-state index in [0.29, 0.717) is 17.0 Å². The Hall–Kier alpha value is -2.80. The van der Waals surface area contributed by atoms with E-state index in [1.54, 1.807) is 20.1 Å². The van der Waals surface area contributed by atoms with Gasteiger partial charge in [0, 0.05) is 0 Å². The Morgan fingerprint density at radius 1 is 1.19 bits per heavy atom. The van der Waals surface area contributed by atoms with Crippen molar-refractivity contribution in [3.63, 3.8) is 0 Å². The van der Waals surface area contributed by atoms with E-state index in [9.17, 15) is 9.59 Å². The number of carbonyl (C=O) groups excluding carboxylic acids is 2. The van der Waals surface area contributed by atoms with E-state index in [1.165, 1.54) is 0 Å². The molecule has 2 aromatic carbocycles. The van der Waals surface area contributed by atoms with Gasteiger partial charge >= 0.3 is 12.0 Å². The number of hydrogen-bond acceptors (Lipinski definition) is 4. The zero-order chi connectivity index (χ0) is 19.4. The highest BCUT2D eigenvalue weighted by Gasteiger charge is 2.34. The van der Waals surface area contributed by atoms with Crippen LogP contribution in [0.25, 0.3) is 5.70 Å². The molecule has 0 aromatic heterocycles. The van der Waals surface area contributed by atoms with Crippen LogP contribution in [0.2, 0.25) is 0 Å². The average molecular weight is 431 g/mol. The van der Waals surface area contributed by atoms with Crippen molar-refractivity contribution in [3.8, 4) is 5.75 Å². The van der Waals surface area contributed by atoms with Crippen LogP contribution < -0.4 is 15.4 Å². The fraction of sp³-hybridized carbons (Fsp3) is 0.200. The number of hydrogen-bond donors (Lipinski definition) is 2. The summed E-state index contributed by atoms with van der Waals surface area (Å²) in [6.45, 7) is 1.98. The van der Waals surface area contributed by atoms with Crippen molar-refractivity contribution in [3.05, 3.63) is 69.7 Å². The molecule has 1 aliphatic rings. The molecule has 0 spiro atoms. The third-order valence-electron chi connectivity index (χ3n) is 4.14. The normalized spacial score (nSPS) is 16.4. The maximum absolute atomic E-state index is 12.8. The van der Waals surface area contributed by atoms with Crippen LogP contribution in [0, 0.1) is 0 Å². The number of esters is 1. The molecule has 3 rings (SSSR count). The molecule has 0 saturated carbocycles. The van der Waals surface area contributed by atoms with Crippen molar-refractivity contribution in [1.82, 2.24) is 10.6 Å². The number of rotatable bonds is 5. The molecule has 2 N–H and O–H groups in total. The average Bonchev–Trinajstić information content (AvgIpc) is 2.68. The molecule has 0 aliphatic carbocycles. The maximum Gasteiger partial charge on any atom is 0.338 e. The van der Waals surface area contributed by atoms with Crippen molar-refractivity contribution in [2.75, 3.05) is 13.7 Å². The van der Waals surface area contributed by atoms with Gasteiger partial charge in [-0.3, -0.25) is 0 Å². The van der Waals surface area contributed by atoms with Gasteiger partial charge in [0.05, 0.1) is 35.5 Å². The van der Waals surface area contributed by atoms with Crippen LogP contribution in [0.3, 0.4) is 0 Å². The van der Waals surface area contributed by atoms with Gasteiger partial charge in [-0.2, -0.15) is 0 Å². The lowest BCUT2D eigenvalue weighted by atomic mass is 9.92. The molecule has 0 saturated heterocycles. The van der Waals surface area contributed by atoms with Crippen molar-refractivity contribution >= 4 is 33.6 Å². The van der Waals surface area contributed by atoms with E-state index in [-0.39, 0.29) is 12.6 Å². The largest absolute Gasteiger partial charge is 0.496 e. The summed E-state index contributed by atoms with van der Waals surface area (Å²) in [5, 5.41) is 5.57. The molecule has 1 heterocycles. The monoisotopic (exact) mass is 430 g/mol. The Morgan fingerprint density at radius 2 is 1.93 bits per heavy atom. The lowest BCUT2D eigenvalue weighted by Gasteiger charge is -2.29. The van der Waals surface area contributed by atoms with Crippen LogP contribution in [0.15, 0.2) is 58.6 Å². The SMILES string of the molecule is CCOC(=O)C1=C(c2ccccc2)NC(=O)NC1c1ccc(OC)c(Br)c1. The summed E-state index contributed by atoms with van der Waals surface area (Å²) in [6, 6.07) is 13.6. The minimum absolute atomic E-state index is 0.234. The highest BCUT2D eigenvalue weighted by atomic mass is 79.9. The molecule has 140 valence electrons. The number of benzene rings is 2. The first-order chi connectivity index (χ1) is 13.0. The number of carbonyl (C=O) groups is 2. The summed E-state index contributed by atoms with van der Waals surface area (Å²) in [7, 11) is 1.57. The summed E-state index contributed by atoms with van der Waals surface area (Å²) >= 11 is 3.45. The van der Waals surface area contributed by atoms with Crippen LogP contribution in [0.5, 0.6) is 5.75 Å². The second kappa shape index (κ2) is 8.26. The minimum atomic E-state index is -0.657. The smallest absolute Gasteiger partial charge is 0.338 e. The van der Waals surface area contributed by atoms with Crippen LogP contribution in [0.1, 0.15) is 24.1 Å². The predicted octanol–water partition coefficient (Wildman–Crippen LogP) is 3.79. The van der Waals surface area contributed by atoms with Gasteiger partial charge in [-0.1, -0.05) is 36.4 Å². The first-order valence-corrected chi connectivity index (χ1v) is 9.22. The Bertz CT molecular complexity index is 896. The molecule has 27 heavy (non-hydrogen) atoms. The van der Waals surface area contributed by atoms with E-state index >= 15 is 0 Å². The summed E-state index contributed by atoms with van der Waals surface area (Å²) in [5.74, 6) is 0.171. The number of halogens is 1. The lowest BCUT2D eigenvalue weighted by molar-refractivity contribution is -0.138. The van der Waals surface area contributed by atoms with Crippen LogP contribution >= 0.6 is 15.9 Å². The Labute approximate surface area is 165 Å². The van der Waals surface area contributed by atoms with Crippen LogP contribution in [0.4, 0.5) is 4.79 Å². The third kappa shape index (κ3) is 3.98. The van der Waals surface area contributed by atoms with E-state index in [0.717, 1.165) is 15.6 Å². The topological polar surface area (TPSA) is 76.7 Å². The van der Waals surface area contributed by atoms with Gasteiger partial charge in [0.1, 0.15) is 5.75 Å². The van der Waals surface area contributed by atoms with E-state index in [2.05, 4.69) is 26.6 Å². The van der Waals surface area contributed by atoms with Crippen molar-refractivity contribution < 1.29 is 19.1 Å². The fourth-order valence-electron chi connectivity index (χ4n) is 2.94. The fourth-order valence-corrected chi connectivity index (χ4v) is 3.50. The maximum atomic E-state index is 12.8. The predicted molar refractivity (Wildman–Crippen MR) is 105 cm³/mol. The first kappa shape index (κ1) is 19.0. The van der Waals surface area contributed by atoms with Gasteiger partial charge in [-0.05, 0) is 46.1 Å². The van der Waals surface area contributed by atoms with Crippen LogP contribution in [-0.2, 0) is 9.53 Å². The summed E-state index contributed by atoms with van der Waals surface area (Å²) in [5.41, 5.74) is 2.25. The molecule has 2 aromatic rings. The summed E-state index contributed by atoms with van der Waals surface area (Å²) in [6.07, 6.45) is 0. The van der Waals surface area contributed by atoms with Crippen molar-refractivity contribution in [1.29, 1.82) is 0 Å². The van der Waals surface area contributed by atoms with Gasteiger partial charge in [0.15, 0.2) is 0 Å². The number of ether oxygens (including phenoxy) is 2. The van der Waals surface area contributed by atoms with Gasteiger partial charge in [0.2, 0.25) is 0 Å². The second-order valence-corrected chi connectivity index (χ2v) is 6.65. The quantitative estimate of drug-likeness (QED) is 0.707. The van der Waals surface area contributed by atoms with E-state index < -0.39 is 12.0 Å². The highest BCUT2D eigenvalue weighted by Crippen LogP contribution is 2.35. The molecule has 0 bridgehead atoms. The van der Waals surface area contributed by atoms with E-state index in [1.807, 2.05) is 42.5 Å². The van der Waals surface area contributed by atoms with Gasteiger partial charge in [0.25, 0.3) is 0 Å². The van der Waals surface area contributed by atoms with Crippen molar-refractivity contribution in [2.24, 2.45) is 0 Å². The number of methoxy groups -OCH3 is 1. The molecule has 1 aliphatic heterocycles. The highest BCUT2D eigenvalue weighted by molar-refractivity contribution is 9.10. The summed E-state index contributed by atoms with van der Waals surface area (Å²) in [4.78, 5) is 25.1. The molecule has 1 atom stereocenters. The molecule has 2 amide bonds. The van der Waals surface area contributed by atoms with Gasteiger partial charge in [-0.15, -0.1) is 0 Å². The van der Waals surface area contributed by atoms with Crippen LogP contribution in [-0.4, -0.2) is 25.7 Å². The molecule has 0 radical (unpaired) electrons. The molecule has 7 heteroatoms. The Balaban J connectivity index is 2.16. The molecule has 6 nitrogen and oxygen atoms in total. The first-order valence-electron chi connectivity index (χ1n) is 8.42. The number of nitrogens with one attached hydrogen (secondary N) is 2. The minimum Gasteiger partial charge on any atom is -0.496 e. The number of urea groups is 1. The molecule has 1 unspecified atom stereocenters. The van der Waals surface area contributed by atoms with E-state index in [4.69, 9.17) is 9.47 Å². The summed E-state index contributed by atoms with van der Waals surface area (Å²) < 4.78 is 11.3. The van der Waals surface area contributed by atoms with Gasteiger partial charge < -0.3 is 20.1 Å². The molecular weight excluding hydrogens is 412 g/mol. The van der Waals surface area contributed by atoms with Crippen molar-refractivity contribution in [2.45, 2.75) is 13.0 Å². The zero-order valence-electron chi connectivity index (χ0n) is 14.9. The lowest BCUT2D eigenvalue weighted by Crippen LogP contribution is -2.45. The molecular formula is C20H19BrN2O4. The standard InChI is InChI=1S/C20H19BrN2O4/c1-3-27-19(24)16-17(12-7-5-4-6-8-12)22-20(25)23-18(16)13-9-10-15(26-2)14(21)11-13/h4-11,18H,3H2,1-2H3,(H2,22,23,25). The van der Waals surface area contributed by atoms with Gasteiger partial charge in [-0.25, -0.2) is 9.59 Å². The molecule has 0 fully saturated rings.